The van der Waals surface area contributed by atoms with Crippen molar-refractivity contribution in [2.45, 2.75) is 31.8 Å². The summed E-state index contributed by atoms with van der Waals surface area (Å²) < 4.78 is 10.8. The molecule has 2 rings (SSSR count). The van der Waals surface area contributed by atoms with E-state index in [1.54, 1.807) is 0 Å². The van der Waals surface area contributed by atoms with E-state index in [-0.39, 0.29) is 6.04 Å². The highest BCUT2D eigenvalue weighted by Crippen LogP contribution is 2.21. The van der Waals surface area contributed by atoms with E-state index in [4.69, 9.17) is 14.9 Å². The highest BCUT2D eigenvalue weighted by molar-refractivity contribution is 5.25. The minimum atomic E-state index is -0.218. The monoisotopic (exact) mass is 226 g/mol. The Bertz CT molecular complexity index is 333. The molecule has 6 heteroatoms. The fourth-order valence-corrected chi connectivity index (χ4v) is 1.78. The molecule has 6 nitrogen and oxygen atoms in total. The standard InChI is InChI=1S/C10H18N4O2/c1-7(11)9-12-13-10(16-9)14(2)8-3-5-15-6-4-8/h7-8H,3-6,11H2,1-2H3. The Hall–Kier alpha value is -1.14. The lowest BCUT2D eigenvalue weighted by atomic mass is 10.1. The van der Waals surface area contributed by atoms with Crippen LogP contribution in [0.2, 0.25) is 0 Å². The van der Waals surface area contributed by atoms with Gasteiger partial charge in [0, 0.05) is 26.3 Å². The van der Waals surface area contributed by atoms with Crippen molar-refractivity contribution < 1.29 is 9.15 Å². The van der Waals surface area contributed by atoms with E-state index in [1.807, 2.05) is 18.9 Å². The summed E-state index contributed by atoms with van der Waals surface area (Å²) in [6, 6.07) is 0.735. The number of hydrogen-bond donors (Lipinski definition) is 1. The first kappa shape index (κ1) is 11.3. The summed E-state index contributed by atoms with van der Waals surface area (Å²) in [4.78, 5) is 2.02. The molecule has 0 spiro atoms. The van der Waals surface area contributed by atoms with Crippen LogP contribution in [0, 0.1) is 0 Å². The van der Waals surface area contributed by atoms with Crippen LogP contribution in [-0.2, 0) is 4.74 Å². The summed E-state index contributed by atoms with van der Waals surface area (Å²) >= 11 is 0. The molecule has 1 aromatic heterocycles. The zero-order valence-corrected chi connectivity index (χ0v) is 9.72. The van der Waals surface area contributed by atoms with Crippen molar-refractivity contribution in [3.8, 4) is 0 Å². The predicted molar refractivity (Wildman–Crippen MR) is 59.1 cm³/mol. The summed E-state index contributed by atoms with van der Waals surface area (Å²) in [5.41, 5.74) is 5.67. The van der Waals surface area contributed by atoms with E-state index < -0.39 is 0 Å². The van der Waals surface area contributed by atoms with Gasteiger partial charge in [0.2, 0.25) is 5.89 Å². The van der Waals surface area contributed by atoms with Gasteiger partial charge in [0.05, 0.1) is 6.04 Å². The topological polar surface area (TPSA) is 77.4 Å². The van der Waals surface area contributed by atoms with E-state index in [0.717, 1.165) is 26.1 Å². The molecule has 90 valence electrons. The molecule has 2 N–H and O–H groups in total. The van der Waals surface area contributed by atoms with Crippen LogP contribution in [-0.4, -0.2) is 36.5 Å². The second kappa shape index (κ2) is 4.80. The lowest BCUT2D eigenvalue weighted by Gasteiger charge is -2.29. The summed E-state index contributed by atoms with van der Waals surface area (Å²) in [5.74, 6) is 0.480. The molecule has 16 heavy (non-hydrogen) atoms. The van der Waals surface area contributed by atoms with Gasteiger partial charge in [-0.25, -0.2) is 0 Å². The van der Waals surface area contributed by atoms with Crippen LogP contribution in [0.1, 0.15) is 31.7 Å². The summed E-state index contributed by atoms with van der Waals surface area (Å²) in [7, 11) is 1.97. The molecule has 2 heterocycles. The number of anilines is 1. The van der Waals surface area contributed by atoms with Crippen LogP contribution < -0.4 is 10.6 Å². The van der Waals surface area contributed by atoms with Crippen LogP contribution in [0.5, 0.6) is 0 Å². The second-order valence-electron chi connectivity index (χ2n) is 4.17. The first-order valence-corrected chi connectivity index (χ1v) is 5.58. The summed E-state index contributed by atoms with van der Waals surface area (Å²) in [5, 5.41) is 7.92. The average molecular weight is 226 g/mol. The number of ether oxygens (including phenoxy) is 1. The SMILES string of the molecule is CC(N)c1nnc(N(C)C2CCOCC2)o1. The van der Waals surface area contributed by atoms with Gasteiger partial charge in [0.1, 0.15) is 0 Å². The first-order chi connectivity index (χ1) is 7.68. The largest absolute Gasteiger partial charge is 0.406 e. The van der Waals surface area contributed by atoms with E-state index in [0.29, 0.717) is 17.9 Å². The molecule has 0 aromatic carbocycles. The molecule has 0 radical (unpaired) electrons. The second-order valence-corrected chi connectivity index (χ2v) is 4.17. The van der Waals surface area contributed by atoms with Gasteiger partial charge in [-0.15, -0.1) is 5.10 Å². The van der Waals surface area contributed by atoms with Crippen LogP contribution in [0.15, 0.2) is 4.42 Å². The summed E-state index contributed by atoms with van der Waals surface area (Å²) in [6.45, 7) is 3.42. The van der Waals surface area contributed by atoms with Gasteiger partial charge in [-0.1, -0.05) is 5.10 Å². The third-order valence-corrected chi connectivity index (χ3v) is 2.86. The van der Waals surface area contributed by atoms with Crippen LogP contribution in [0.25, 0.3) is 0 Å². The Balaban J connectivity index is 2.04. The van der Waals surface area contributed by atoms with Crippen molar-refractivity contribution >= 4 is 6.01 Å². The molecular weight excluding hydrogens is 208 g/mol. The lowest BCUT2D eigenvalue weighted by Crippen LogP contribution is -2.36. The third-order valence-electron chi connectivity index (χ3n) is 2.86. The maximum atomic E-state index is 5.67. The van der Waals surface area contributed by atoms with Gasteiger partial charge in [-0.2, -0.15) is 0 Å². The fraction of sp³-hybridized carbons (Fsp3) is 0.800. The van der Waals surface area contributed by atoms with Gasteiger partial charge < -0.3 is 19.8 Å². The van der Waals surface area contributed by atoms with Gasteiger partial charge in [0.15, 0.2) is 0 Å². The number of aromatic nitrogens is 2. The Kier molecular flexibility index (Phi) is 3.40. The number of hydrogen-bond acceptors (Lipinski definition) is 6. The molecule has 0 saturated carbocycles. The van der Waals surface area contributed by atoms with E-state index >= 15 is 0 Å². The van der Waals surface area contributed by atoms with Crippen molar-refractivity contribution in [1.29, 1.82) is 0 Å². The molecular formula is C10H18N4O2. The number of nitrogens with zero attached hydrogens (tertiary/aromatic N) is 3. The molecule has 1 fully saturated rings. The maximum absolute atomic E-state index is 5.67. The molecule has 1 saturated heterocycles. The Morgan fingerprint density at radius 3 is 2.62 bits per heavy atom. The molecule has 1 aliphatic rings. The molecule has 0 aliphatic carbocycles. The molecule has 1 aliphatic heterocycles. The number of nitrogens with two attached hydrogens (primary N) is 1. The van der Waals surface area contributed by atoms with Crippen molar-refractivity contribution in [3.05, 3.63) is 5.89 Å². The minimum absolute atomic E-state index is 0.218. The van der Waals surface area contributed by atoms with Gasteiger partial charge in [0.25, 0.3) is 0 Å². The summed E-state index contributed by atoms with van der Waals surface area (Å²) in [6.07, 6.45) is 1.98. The third kappa shape index (κ3) is 2.33. The number of rotatable bonds is 3. The van der Waals surface area contributed by atoms with Crippen molar-refractivity contribution in [2.75, 3.05) is 25.2 Å². The van der Waals surface area contributed by atoms with Crippen molar-refractivity contribution in [2.24, 2.45) is 5.73 Å². The predicted octanol–water partition coefficient (Wildman–Crippen LogP) is 0.704. The molecule has 0 amide bonds. The van der Waals surface area contributed by atoms with Gasteiger partial charge in [-0.3, -0.25) is 0 Å². The normalized spacial score (nSPS) is 19.7. The van der Waals surface area contributed by atoms with Crippen LogP contribution in [0.4, 0.5) is 6.01 Å². The Labute approximate surface area is 94.8 Å². The fourth-order valence-electron chi connectivity index (χ4n) is 1.78. The lowest BCUT2D eigenvalue weighted by molar-refractivity contribution is 0.0845. The Morgan fingerprint density at radius 1 is 1.38 bits per heavy atom. The maximum Gasteiger partial charge on any atom is 0.318 e. The zero-order chi connectivity index (χ0) is 11.5. The molecule has 1 atom stereocenters. The molecule has 0 bridgehead atoms. The van der Waals surface area contributed by atoms with Gasteiger partial charge >= 0.3 is 6.01 Å². The Morgan fingerprint density at radius 2 is 2.06 bits per heavy atom. The van der Waals surface area contributed by atoms with Gasteiger partial charge in [-0.05, 0) is 19.8 Å². The van der Waals surface area contributed by atoms with E-state index in [9.17, 15) is 0 Å². The highest BCUT2D eigenvalue weighted by atomic mass is 16.5. The van der Waals surface area contributed by atoms with Crippen molar-refractivity contribution in [1.82, 2.24) is 10.2 Å². The van der Waals surface area contributed by atoms with Crippen LogP contribution >= 0.6 is 0 Å². The van der Waals surface area contributed by atoms with E-state index in [1.165, 1.54) is 0 Å². The quantitative estimate of drug-likeness (QED) is 0.817. The molecule has 1 unspecified atom stereocenters. The van der Waals surface area contributed by atoms with Crippen LogP contribution in [0.3, 0.4) is 0 Å². The minimum Gasteiger partial charge on any atom is -0.406 e. The zero-order valence-electron chi connectivity index (χ0n) is 9.72. The van der Waals surface area contributed by atoms with E-state index in [2.05, 4.69) is 10.2 Å². The first-order valence-electron chi connectivity index (χ1n) is 5.58. The molecule has 1 aromatic rings. The smallest absolute Gasteiger partial charge is 0.318 e. The van der Waals surface area contributed by atoms with Crippen molar-refractivity contribution in [3.63, 3.8) is 0 Å². The average Bonchev–Trinajstić information content (AvgIpc) is 2.78. The highest BCUT2D eigenvalue weighted by Gasteiger charge is 2.23.